The highest BCUT2D eigenvalue weighted by Crippen LogP contribution is 2.52. The number of nitriles is 2. The van der Waals surface area contributed by atoms with Gasteiger partial charge in [0.15, 0.2) is 9.84 Å². The van der Waals surface area contributed by atoms with Gasteiger partial charge in [0.2, 0.25) is 29.5 Å². The van der Waals surface area contributed by atoms with Crippen LogP contribution in [0.25, 0.3) is 20.4 Å². The summed E-state index contributed by atoms with van der Waals surface area (Å²) in [5.74, 6) is 4.10. The number of hydrogen-bond acceptors (Lipinski definition) is 21. The zero-order valence-corrected chi connectivity index (χ0v) is 86.2. The number of piperidine rings is 5. The number of ether oxygens (including phenoxy) is 3. The van der Waals surface area contributed by atoms with E-state index in [4.69, 9.17) is 24.7 Å². The molecule has 0 saturated carbocycles. The predicted octanol–water partition coefficient (Wildman–Crippen LogP) is 20.4. The van der Waals surface area contributed by atoms with Crippen molar-refractivity contribution in [2.24, 2.45) is 16.2 Å². The lowest BCUT2D eigenvalue weighted by atomic mass is 9.73. The Morgan fingerprint density at radius 2 is 0.724 bits per heavy atom. The molecule has 145 heavy (non-hydrogen) atoms. The number of sulfone groups is 1. The van der Waals surface area contributed by atoms with E-state index < -0.39 is 9.84 Å². The molecule has 748 valence electrons. The quantitative estimate of drug-likeness (QED) is 0.0965. The van der Waals surface area contributed by atoms with Gasteiger partial charge in [0.05, 0.1) is 90.3 Å². The van der Waals surface area contributed by atoms with Gasteiger partial charge < -0.3 is 39.5 Å². The molecule has 10 aromatic carbocycles. The maximum absolute atomic E-state index is 12.8. The fourth-order valence-electron chi connectivity index (χ4n) is 25.0. The molecule has 15 heterocycles. The summed E-state index contributed by atoms with van der Waals surface area (Å²) in [6.07, 6.45) is 15.8. The number of benzene rings is 10. The average Bonchev–Trinajstić information content (AvgIpc) is 1.60. The number of aromatic nitrogens is 2. The van der Waals surface area contributed by atoms with E-state index in [1.165, 1.54) is 71.3 Å². The van der Waals surface area contributed by atoms with Crippen LogP contribution in [0.2, 0.25) is 0 Å². The first-order valence-corrected chi connectivity index (χ1v) is 55.5. The highest BCUT2D eigenvalue weighted by atomic mass is 32.2. The summed E-state index contributed by atoms with van der Waals surface area (Å²) >= 11 is 3.36. The second kappa shape index (κ2) is 41.1. The number of carbonyl (C=O) groups is 5. The minimum absolute atomic E-state index is 0.0566. The number of carbonyl (C=O) groups excluding carboxylic acids is 5. The fraction of sp³-hybridized carbons (Fsp3) is 0.415. The Kier molecular flexibility index (Phi) is 27.9. The molecule has 0 aliphatic carbocycles. The molecule has 2 N–H and O–H groups in total. The SMILES string of the molecule is C[C@@H](c1ccc2c(c1)OCC2)N1CCC2(CC1)CC(=O)N(Cc1ccc(S(C)(=O)=O)cc1)C2.C[C@@H](c1ccc2c(c1)OCC2)N1CCC2(CC1)CC(=O)N(c1ccc(C#N)cc1)C2.C[C@@H](c1ccc2scnc2c1)N1CCC2(CC1)C(=O)Nc1ccccc12.C[C@H](c1ccc2c(c1)OCC2)N1CCC2(CC1)CC(=O)N(c1ccc(C#N)cc1)C2.C[C@H](c1ccc2scnc2c1)N1CCC2(CC1)C(=O)Nc1ccccc12. The molecule has 0 radical (unpaired) electrons. The van der Waals surface area contributed by atoms with Crippen LogP contribution in [-0.2, 0) is 70.4 Å². The number of thiazole rings is 2. The molecule has 5 spiro atoms. The molecular formula is C118H128N14O10S3. The topological polar surface area (TPSA) is 271 Å². The van der Waals surface area contributed by atoms with Gasteiger partial charge in [-0.2, -0.15) is 10.5 Å². The van der Waals surface area contributed by atoms with Gasteiger partial charge in [-0.15, -0.1) is 22.7 Å². The van der Waals surface area contributed by atoms with Crippen molar-refractivity contribution in [1.82, 2.24) is 39.4 Å². The number of fused-ring (bicyclic) bond motifs is 9. The first kappa shape index (κ1) is 98.5. The lowest BCUT2D eigenvalue weighted by Crippen LogP contribution is -2.47. The van der Waals surface area contributed by atoms with Crippen molar-refractivity contribution in [1.29, 1.82) is 10.5 Å². The Bertz CT molecular complexity index is 6750. The third-order valence-electron chi connectivity index (χ3n) is 34.5. The van der Waals surface area contributed by atoms with E-state index in [1.54, 1.807) is 59.1 Å². The van der Waals surface area contributed by atoms with Crippen molar-refractivity contribution in [2.75, 3.05) is 132 Å². The molecule has 0 bridgehead atoms. The summed E-state index contributed by atoms with van der Waals surface area (Å²) in [5, 5.41) is 24.2. The minimum Gasteiger partial charge on any atom is -0.493 e. The molecule has 0 unspecified atom stereocenters. The molecule has 8 saturated heterocycles. The smallest absolute Gasteiger partial charge is 0.235 e. The summed E-state index contributed by atoms with van der Waals surface area (Å²) in [6.45, 7) is 26.3. The van der Waals surface area contributed by atoms with Crippen molar-refractivity contribution >= 4 is 105 Å². The minimum atomic E-state index is -3.21. The van der Waals surface area contributed by atoms with Crippen LogP contribution < -0.4 is 34.6 Å². The Hall–Kier alpha value is -12.5. The summed E-state index contributed by atoms with van der Waals surface area (Å²) in [7, 11) is -3.21. The van der Waals surface area contributed by atoms with Crippen LogP contribution >= 0.6 is 22.7 Å². The van der Waals surface area contributed by atoms with Crippen LogP contribution in [0.5, 0.6) is 17.2 Å². The lowest BCUT2D eigenvalue weighted by molar-refractivity contribution is -0.128. The first-order valence-electron chi connectivity index (χ1n) is 51.8. The standard InChI is InChI=1S/C26H32N2O4S.2C25H27N3O2.2C21H21N3OS/c1-19(22-6-5-21-9-14-32-24(21)15-22)27-12-10-26(11-13-27)16-25(29)28(18-26)17-20-3-7-23(8-4-20)33(2,30)31;2*1-18(21-5-4-20-8-13-30-23(20)14-21)27-11-9-25(10-12-27)15-24(29)28(17-25)22-6-2-19(16-26)3-7-22;2*1-14(15-6-7-19-18(12-15)22-13-26-19)24-10-8-21(9-11-24)16-4-2-3-5-17(16)23-20(21)25/h3-8,15,19H,9-14,16-18H2,1-2H3;2*2-7,14,18H,8-13,15,17H2,1H3;2*2-7,12-14H,8-11H2,1H3,(H,23,25)/t19-;2*18-;2*14-/m01010/s1. The molecule has 12 aromatic rings. The van der Waals surface area contributed by atoms with E-state index in [1.807, 2.05) is 98.5 Å². The second-order valence-electron chi connectivity index (χ2n) is 42.8. The van der Waals surface area contributed by atoms with Gasteiger partial charge >= 0.3 is 0 Å². The molecule has 13 aliphatic heterocycles. The molecule has 27 heteroatoms. The molecule has 2 aromatic heterocycles. The van der Waals surface area contributed by atoms with Crippen molar-refractivity contribution in [3.05, 3.63) is 296 Å². The van der Waals surface area contributed by atoms with Crippen LogP contribution in [0.1, 0.15) is 221 Å². The number of likely N-dealkylation sites (tertiary alicyclic amines) is 6. The van der Waals surface area contributed by atoms with E-state index >= 15 is 0 Å². The van der Waals surface area contributed by atoms with Gasteiger partial charge in [0.25, 0.3) is 0 Å². The zero-order valence-electron chi connectivity index (χ0n) is 83.8. The maximum atomic E-state index is 12.8. The van der Waals surface area contributed by atoms with Gasteiger partial charge in [-0.25, -0.2) is 18.4 Å². The summed E-state index contributed by atoms with van der Waals surface area (Å²) in [4.78, 5) is 91.4. The zero-order chi connectivity index (χ0) is 100. The molecule has 24 nitrogen and oxygen atoms in total. The molecule has 13 aliphatic rings. The van der Waals surface area contributed by atoms with Gasteiger partial charge in [-0.05, 0) is 331 Å². The van der Waals surface area contributed by atoms with E-state index in [9.17, 15) is 32.4 Å². The number of amides is 5. The molecular weight excluding hydrogens is 1870 g/mol. The van der Waals surface area contributed by atoms with Crippen molar-refractivity contribution < 1.29 is 46.6 Å². The molecule has 5 amide bonds. The van der Waals surface area contributed by atoms with Gasteiger partial charge in [0, 0.05) is 150 Å². The number of nitrogens with zero attached hydrogens (tertiary/aromatic N) is 12. The van der Waals surface area contributed by atoms with E-state index in [0.717, 1.165) is 245 Å². The molecule has 5 atom stereocenters. The normalized spacial score (nSPS) is 20.9. The van der Waals surface area contributed by atoms with Crippen molar-refractivity contribution in [3.8, 4) is 29.4 Å². The van der Waals surface area contributed by atoms with Crippen LogP contribution in [0.15, 0.2) is 228 Å². The number of rotatable bonds is 15. The predicted molar refractivity (Wildman–Crippen MR) is 569 cm³/mol. The van der Waals surface area contributed by atoms with Crippen LogP contribution in [0.4, 0.5) is 22.7 Å². The summed E-state index contributed by atoms with van der Waals surface area (Å²) in [6, 6.07) is 77.1. The van der Waals surface area contributed by atoms with Crippen molar-refractivity contribution in [3.63, 3.8) is 0 Å². The summed E-state index contributed by atoms with van der Waals surface area (Å²) < 4.78 is 43.1. The van der Waals surface area contributed by atoms with Gasteiger partial charge in [-0.1, -0.05) is 97.1 Å². The first-order chi connectivity index (χ1) is 70.2. The lowest BCUT2D eigenvalue weighted by Gasteiger charge is -2.41. The Labute approximate surface area is 858 Å². The Morgan fingerprint density at radius 1 is 0.393 bits per heavy atom. The third-order valence-corrected chi connectivity index (χ3v) is 37.3. The highest BCUT2D eigenvalue weighted by molar-refractivity contribution is 7.90. The van der Waals surface area contributed by atoms with E-state index in [2.05, 4.69) is 195 Å². The average molecular weight is 2000 g/mol. The number of nitrogens with one attached hydrogen (secondary N) is 2. The summed E-state index contributed by atoms with van der Waals surface area (Å²) in [5.41, 5.74) is 24.3. The van der Waals surface area contributed by atoms with E-state index in [0.29, 0.717) is 72.0 Å². The Balaban J connectivity index is 0.000000107. The molecule has 25 rings (SSSR count). The Morgan fingerprint density at radius 3 is 1.08 bits per heavy atom. The largest absolute Gasteiger partial charge is 0.493 e. The van der Waals surface area contributed by atoms with Gasteiger partial charge in [-0.3, -0.25) is 48.5 Å². The molecule has 8 fully saturated rings. The fourth-order valence-corrected chi connectivity index (χ4v) is 27.0. The van der Waals surface area contributed by atoms with Gasteiger partial charge in [0.1, 0.15) is 17.2 Å². The monoisotopic (exact) mass is 2000 g/mol. The van der Waals surface area contributed by atoms with Crippen LogP contribution in [0, 0.1) is 38.9 Å². The number of hydrogen-bond donors (Lipinski definition) is 2. The van der Waals surface area contributed by atoms with Crippen LogP contribution in [0.3, 0.4) is 0 Å². The third kappa shape index (κ3) is 20.2. The number of para-hydroxylation sites is 2. The van der Waals surface area contributed by atoms with E-state index in [-0.39, 0.29) is 56.6 Å². The van der Waals surface area contributed by atoms with Crippen molar-refractivity contribution in [2.45, 2.75) is 190 Å². The maximum Gasteiger partial charge on any atom is 0.235 e. The van der Waals surface area contributed by atoms with Crippen LogP contribution in [-0.4, -0.2) is 188 Å². The highest BCUT2D eigenvalue weighted by Gasteiger charge is 2.53. The number of anilines is 4. The second-order valence-corrected chi connectivity index (χ2v) is 46.5.